The highest BCUT2D eigenvalue weighted by molar-refractivity contribution is 7.90. The molecular weight excluding hydrogens is 234 g/mol. The van der Waals surface area contributed by atoms with Crippen LogP contribution in [-0.4, -0.2) is 55.4 Å². The zero-order valence-corrected chi connectivity index (χ0v) is 10.2. The van der Waals surface area contributed by atoms with E-state index in [2.05, 4.69) is 4.74 Å². The Morgan fingerprint density at radius 3 is 2.69 bits per heavy atom. The van der Waals surface area contributed by atoms with Crippen molar-refractivity contribution in [3.63, 3.8) is 0 Å². The molecule has 0 aromatic rings. The second-order valence-electron chi connectivity index (χ2n) is 3.86. The number of carbonyl (C=O) groups excluding carboxylic acids is 1. The predicted octanol–water partition coefficient (Wildman–Crippen LogP) is -0.666. The number of hydrogen-bond acceptors (Lipinski definition) is 5. The van der Waals surface area contributed by atoms with Crippen molar-refractivity contribution in [2.75, 3.05) is 20.2 Å². The number of methoxy groups -OCH3 is 1. The van der Waals surface area contributed by atoms with E-state index in [0.29, 0.717) is 19.4 Å². The molecule has 0 aromatic carbocycles. The minimum Gasteiger partial charge on any atom is -0.468 e. The molecule has 1 unspecified atom stereocenters. The first-order chi connectivity index (χ1) is 7.39. The van der Waals surface area contributed by atoms with Crippen LogP contribution in [0.5, 0.6) is 0 Å². The molecule has 1 heterocycles. The minimum atomic E-state index is -3.71. The highest BCUT2D eigenvalue weighted by Crippen LogP contribution is 2.17. The van der Waals surface area contributed by atoms with E-state index in [9.17, 15) is 18.3 Å². The predicted molar refractivity (Wildman–Crippen MR) is 57.2 cm³/mol. The van der Waals surface area contributed by atoms with Gasteiger partial charge in [0.1, 0.15) is 0 Å². The molecule has 0 aromatic heterocycles. The molecule has 0 radical (unpaired) electrons. The molecule has 0 saturated carbocycles. The topological polar surface area (TPSA) is 83.9 Å². The van der Waals surface area contributed by atoms with Crippen molar-refractivity contribution in [1.82, 2.24) is 4.31 Å². The fraction of sp³-hybridized carbons (Fsp3) is 0.889. The number of aliphatic hydroxyl groups excluding tert-OH is 1. The third-order valence-corrected chi connectivity index (χ3v) is 4.84. The van der Waals surface area contributed by atoms with Gasteiger partial charge in [-0.25, -0.2) is 8.42 Å². The van der Waals surface area contributed by atoms with Crippen molar-refractivity contribution in [2.45, 2.75) is 31.1 Å². The van der Waals surface area contributed by atoms with Gasteiger partial charge in [-0.15, -0.1) is 0 Å². The summed E-state index contributed by atoms with van der Waals surface area (Å²) in [6, 6.07) is 0. The Kier molecular flexibility index (Phi) is 4.28. The van der Waals surface area contributed by atoms with Crippen molar-refractivity contribution in [2.24, 2.45) is 0 Å². The number of ether oxygens (including phenoxy) is 1. The van der Waals surface area contributed by atoms with E-state index in [-0.39, 0.29) is 6.54 Å². The van der Waals surface area contributed by atoms with E-state index in [1.54, 1.807) is 0 Å². The Morgan fingerprint density at radius 2 is 2.19 bits per heavy atom. The van der Waals surface area contributed by atoms with Gasteiger partial charge in [-0.3, -0.25) is 4.79 Å². The quantitative estimate of drug-likeness (QED) is 0.673. The smallest absolute Gasteiger partial charge is 0.325 e. The summed E-state index contributed by atoms with van der Waals surface area (Å²) in [4.78, 5) is 11.2. The van der Waals surface area contributed by atoms with Gasteiger partial charge in [0.2, 0.25) is 10.0 Å². The summed E-state index contributed by atoms with van der Waals surface area (Å²) in [5.41, 5.74) is 0. The third-order valence-electron chi connectivity index (χ3n) is 2.70. The Morgan fingerprint density at radius 1 is 1.56 bits per heavy atom. The number of hydrogen-bond donors (Lipinski definition) is 1. The van der Waals surface area contributed by atoms with Gasteiger partial charge in [-0.05, 0) is 19.8 Å². The molecule has 2 atom stereocenters. The van der Waals surface area contributed by atoms with E-state index >= 15 is 0 Å². The largest absolute Gasteiger partial charge is 0.468 e. The van der Waals surface area contributed by atoms with E-state index in [1.165, 1.54) is 6.92 Å². The summed E-state index contributed by atoms with van der Waals surface area (Å²) in [6.45, 7) is 1.70. The van der Waals surface area contributed by atoms with Crippen molar-refractivity contribution in [1.29, 1.82) is 0 Å². The summed E-state index contributed by atoms with van der Waals surface area (Å²) >= 11 is 0. The lowest BCUT2D eigenvalue weighted by molar-refractivity contribution is -0.139. The van der Waals surface area contributed by atoms with E-state index in [1.807, 2.05) is 0 Å². The normalized spacial score (nSPS) is 25.1. The average molecular weight is 251 g/mol. The van der Waals surface area contributed by atoms with Crippen LogP contribution in [0.15, 0.2) is 0 Å². The molecule has 0 spiro atoms. The molecular formula is C9H17NO5S. The third kappa shape index (κ3) is 2.72. The lowest BCUT2D eigenvalue weighted by atomic mass is 10.1. The van der Waals surface area contributed by atoms with E-state index < -0.39 is 27.3 Å². The molecule has 1 rings (SSSR count). The summed E-state index contributed by atoms with van der Waals surface area (Å²) in [5.74, 6) is -0.778. The number of piperidine rings is 1. The number of carbonyl (C=O) groups is 1. The first kappa shape index (κ1) is 13.4. The highest BCUT2D eigenvalue weighted by Gasteiger charge is 2.36. The van der Waals surface area contributed by atoms with Crippen molar-refractivity contribution in [3.8, 4) is 0 Å². The van der Waals surface area contributed by atoms with Gasteiger partial charge >= 0.3 is 5.97 Å². The molecule has 1 saturated heterocycles. The fourth-order valence-corrected chi connectivity index (χ4v) is 3.21. The zero-order valence-electron chi connectivity index (χ0n) is 9.42. The van der Waals surface area contributed by atoms with Crippen LogP contribution in [-0.2, 0) is 19.6 Å². The Bertz CT molecular complexity index is 353. The van der Waals surface area contributed by atoms with Crippen LogP contribution in [0.25, 0.3) is 0 Å². The Hall–Kier alpha value is -0.660. The molecule has 1 N–H and O–H groups in total. The zero-order chi connectivity index (χ0) is 12.3. The lowest BCUT2D eigenvalue weighted by Gasteiger charge is -2.30. The molecule has 16 heavy (non-hydrogen) atoms. The lowest BCUT2D eigenvalue weighted by Crippen LogP contribution is -2.47. The monoisotopic (exact) mass is 251 g/mol. The summed E-state index contributed by atoms with van der Waals surface area (Å²) in [6.07, 6.45) is 0.556. The number of aliphatic hydroxyl groups is 1. The fourth-order valence-electron chi connectivity index (χ4n) is 1.66. The maximum atomic E-state index is 11.9. The first-order valence-corrected chi connectivity index (χ1v) is 6.64. The second-order valence-corrected chi connectivity index (χ2v) is 6.12. The van der Waals surface area contributed by atoms with Gasteiger partial charge in [0.15, 0.2) is 5.25 Å². The molecule has 1 aliphatic heterocycles. The number of rotatable bonds is 3. The molecule has 1 aliphatic rings. The van der Waals surface area contributed by atoms with Gasteiger partial charge in [-0.1, -0.05) is 0 Å². The van der Waals surface area contributed by atoms with Crippen LogP contribution in [0.1, 0.15) is 19.8 Å². The van der Waals surface area contributed by atoms with Crippen LogP contribution < -0.4 is 0 Å². The second kappa shape index (κ2) is 5.11. The molecule has 0 bridgehead atoms. The highest BCUT2D eigenvalue weighted by atomic mass is 32.2. The molecule has 94 valence electrons. The van der Waals surface area contributed by atoms with Gasteiger partial charge < -0.3 is 9.84 Å². The summed E-state index contributed by atoms with van der Waals surface area (Å²) < 4.78 is 29.5. The van der Waals surface area contributed by atoms with Crippen LogP contribution >= 0.6 is 0 Å². The summed E-state index contributed by atoms with van der Waals surface area (Å²) in [7, 11) is -2.56. The Balaban J connectivity index is 2.80. The SMILES string of the molecule is COC(=O)C(C)S(=O)(=O)N1CCC[C@H](O)C1. The van der Waals surface area contributed by atoms with Crippen molar-refractivity contribution in [3.05, 3.63) is 0 Å². The summed E-state index contributed by atoms with van der Waals surface area (Å²) in [5, 5.41) is 8.18. The van der Waals surface area contributed by atoms with Gasteiger partial charge in [-0.2, -0.15) is 4.31 Å². The van der Waals surface area contributed by atoms with E-state index in [4.69, 9.17) is 0 Å². The number of nitrogens with zero attached hydrogens (tertiary/aromatic N) is 1. The van der Waals surface area contributed by atoms with Crippen molar-refractivity contribution < 1.29 is 23.1 Å². The average Bonchev–Trinajstić information content (AvgIpc) is 2.27. The molecule has 7 heteroatoms. The number of β-amino-alcohol motifs (C(OH)–C–C–N with tert-alkyl or cyclic N) is 1. The van der Waals surface area contributed by atoms with Crippen LogP contribution in [0.4, 0.5) is 0 Å². The maximum absolute atomic E-state index is 11.9. The van der Waals surface area contributed by atoms with Gasteiger partial charge in [0.25, 0.3) is 0 Å². The Labute approximate surface area is 95.2 Å². The minimum absolute atomic E-state index is 0.0592. The number of esters is 1. The van der Waals surface area contributed by atoms with Crippen LogP contribution in [0.3, 0.4) is 0 Å². The van der Waals surface area contributed by atoms with Crippen LogP contribution in [0.2, 0.25) is 0 Å². The molecule has 6 nitrogen and oxygen atoms in total. The maximum Gasteiger partial charge on any atom is 0.325 e. The van der Waals surface area contributed by atoms with Crippen LogP contribution in [0, 0.1) is 0 Å². The van der Waals surface area contributed by atoms with Crippen molar-refractivity contribution >= 4 is 16.0 Å². The van der Waals surface area contributed by atoms with Gasteiger partial charge in [0.05, 0.1) is 13.2 Å². The van der Waals surface area contributed by atoms with Gasteiger partial charge in [0, 0.05) is 13.1 Å². The standard InChI is InChI=1S/C9H17NO5S/c1-7(9(12)15-2)16(13,14)10-5-3-4-8(11)6-10/h7-8,11H,3-6H2,1-2H3/t7?,8-/m0/s1. The molecule has 0 aliphatic carbocycles. The number of sulfonamides is 1. The molecule has 1 fully saturated rings. The molecule has 0 amide bonds. The first-order valence-electron chi connectivity index (χ1n) is 5.14. The van der Waals surface area contributed by atoms with E-state index in [0.717, 1.165) is 11.4 Å².